The van der Waals surface area contributed by atoms with Crippen LogP contribution in [0.1, 0.15) is 33.9 Å². The summed E-state index contributed by atoms with van der Waals surface area (Å²) in [6.45, 7) is 6.37. The molecular formula is C17H22N2O. The number of aryl methyl sites for hydroxylation is 3. The molecule has 0 aliphatic rings. The summed E-state index contributed by atoms with van der Waals surface area (Å²) in [5.41, 5.74) is 9.07. The topological polar surface area (TPSA) is 47.3 Å². The van der Waals surface area contributed by atoms with E-state index in [1.54, 1.807) is 7.11 Å². The van der Waals surface area contributed by atoms with Crippen molar-refractivity contribution in [2.45, 2.75) is 26.8 Å². The minimum absolute atomic E-state index is 0.0125. The highest BCUT2D eigenvalue weighted by atomic mass is 16.5. The third-order valence-electron chi connectivity index (χ3n) is 3.64. The fourth-order valence-electron chi connectivity index (χ4n) is 2.79. The summed E-state index contributed by atoms with van der Waals surface area (Å²) < 4.78 is 5.20. The zero-order valence-corrected chi connectivity index (χ0v) is 12.5. The molecule has 0 aromatic heterocycles. The molecule has 0 radical (unpaired) electrons. The van der Waals surface area contributed by atoms with Crippen LogP contribution in [-0.4, -0.2) is 7.11 Å². The molecule has 106 valence electrons. The zero-order chi connectivity index (χ0) is 14.7. The first-order chi connectivity index (χ1) is 9.56. The van der Waals surface area contributed by atoms with Crippen LogP contribution in [-0.2, 0) is 0 Å². The van der Waals surface area contributed by atoms with Crippen molar-refractivity contribution in [3.05, 3.63) is 64.2 Å². The third-order valence-corrected chi connectivity index (χ3v) is 3.64. The molecule has 0 bridgehead atoms. The predicted octanol–water partition coefficient (Wildman–Crippen LogP) is 3.17. The summed E-state index contributed by atoms with van der Waals surface area (Å²) in [5, 5.41) is 0. The predicted molar refractivity (Wildman–Crippen MR) is 82.8 cm³/mol. The molecule has 3 N–H and O–H groups in total. The van der Waals surface area contributed by atoms with Crippen LogP contribution in [0.4, 0.5) is 0 Å². The van der Waals surface area contributed by atoms with Crippen LogP contribution in [0.25, 0.3) is 0 Å². The number of ether oxygens (including phenoxy) is 1. The number of nitrogens with one attached hydrogen (secondary N) is 1. The number of benzene rings is 2. The molecule has 2 aromatic carbocycles. The lowest BCUT2D eigenvalue weighted by Crippen LogP contribution is -2.30. The Kier molecular flexibility index (Phi) is 4.42. The van der Waals surface area contributed by atoms with E-state index in [0.29, 0.717) is 0 Å². The molecule has 20 heavy (non-hydrogen) atoms. The summed E-state index contributed by atoms with van der Waals surface area (Å²) in [4.78, 5) is 0. The molecule has 0 saturated carbocycles. The maximum absolute atomic E-state index is 5.80. The first-order valence-electron chi connectivity index (χ1n) is 6.74. The van der Waals surface area contributed by atoms with E-state index >= 15 is 0 Å². The lowest BCUT2D eigenvalue weighted by molar-refractivity contribution is 0.414. The lowest BCUT2D eigenvalue weighted by atomic mass is 9.90. The Morgan fingerprint density at radius 1 is 1.00 bits per heavy atom. The van der Waals surface area contributed by atoms with Gasteiger partial charge in [0.25, 0.3) is 0 Å². The van der Waals surface area contributed by atoms with Crippen molar-refractivity contribution in [3.63, 3.8) is 0 Å². The van der Waals surface area contributed by atoms with Crippen LogP contribution in [0.5, 0.6) is 5.75 Å². The van der Waals surface area contributed by atoms with Gasteiger partial charge in [0.2, 0.25) is 0 Å². The highest BCUT2D eigenvalue weighted by molar-refractivity contribution is 5.44. The van der Waals surface area contributed by atoms with E-state index in [1.807, 2.05) is 24.3 Å². The van der Waals surface area contributed by atoms with Gasteiger partial charge in [-0.25, -0.2) is 5.43 Å². The van der Waals surface area contributed by atoms with Crippen LogP contribution in [0, 0.1) is 20.8 Å². The van der Waals surface area contributed by atoms with Crippen LogP contribution in [0.3, 0.4) is 0 Å². The molecule has 3 heteroatoms. The van der Waals surface area contributed by atoms with Gasteiger partial charge >= 0.3 is 0 Å². The van der Waals surface area contributed by atoms with E-state index < -0.39 is 0 Å². The summed E-state index contributed by atoms with van der Waals surface area (Å²) in [6, 6.07) is 12.4. The van der Waals surface area contributed by atoms with Gasteiger partial charge in [-0.2, -0.15) is 0 Å². The van der Waals surface area contributed by atoms with Crippen molar-refractivity contribution in [1.29, 1.82) is 0 Å². The van der Waals surface area contributed by atoms with E-state index in [1.165, 1.54) is 22.3 Å². The normalized spacial score (nSPS) is 12.2. The maximum Gasteiger partial charge on any atom is 0.118 e. The van der Waals surface area contributed by atoms with Crippen molar-refractivity contribution in [2.75, 3.05) is 7.11 Å². The van der Waals surface area contributed by atoms with Gasteiger partial charge in [-0.3, -0.25) is 5.84 Å². The summed E-state index contributed by atoms with van der Waals surface area (Å²) >= 11 is 0. The minimum atomic E-state index is -0.0125. The molecule has 0 fully saturated rings. The van der Waals surface area contributed by atoms with Crippen molar-refractivity contribution in [3.8, 4) is 5.75 Å². The van der Waals surface area contributed by atoms with Crippen LogP contribution >= 0.6 is 0 Å². The molecule has 0 aliphatic carbocycles. The van der Waals surface area contributed by atoms with E-state index in [4.69, 9.17) is 10.6 Å². The smallest absolute Gasteiger partial charge is 0.118 e. The molecule has 2 rings (SSSR count). The Labute approximate surface area is 120 Å². The molecule has 1 unspecified atom stereocenters. The van der Waals surface area contributed by atoms with Crippen molar-refractivity contribution in [2.24, 2.45) is 5.84 Å². The zero-order valence-electron chi connectivity index (χ0n) is 12.5. The van der Waals surface area contributed by atoms with Crippen LogP contribution in [0.15, 0.2) is 36.4 Å². The van der Waals surface area contributed by atoms with Gasteiger partial charge in [-0.05, 0) is 55.2 Å². The van der Waals surface area contributed by atoms with E-state index in [2.05, 4.69) is 38.3 Å². The lowest BCUT2D eigenvalue weighted by Gasteiger charge is -2.22. The number of hydrogen-bond acceptors (Lipinski definition) is 3. The molecule has 0 heterocycles. The van der Waals surface area contributed by atoms with Gasteiger partial charge in [-0.15, -0.1) is 0 Å². The second-order valence-corrected chi connectivity index (χ2v) is 5.19. The number of rotatable bonds is 4. The molecule has 0 amide bonds. The molecule has 3 nitrogen and oxygen atoms in total. The highest BCUT2D eigenvalue weighted by Gasteiger charge is 2.17. The summed E-state index contributed by atoms with van der Waals surface area (Å²) in [5.74, 6) is 6.65. The molecule has 0 saturated heterocycles. The maximum atomic E-state index is 5.80. The second-order valence-electron chi connectivity index (χ2n) is 5.19. The SMILES string of the molecule is COc1ccc(C(NN)c2c(C)cc(C)cc2C)cc1. The van der Waals surface area contributed by atoms with E-state index in [-0.39, 0.29) is 6.04 Å². The van der Waals surface area contributed by atoms with Crippen molar-refractivity contribution < 1.29 is 4.74 Å². The second kappa shape index (κ2) is 6.07. The molecule has 1 atom stereocenters. The number of methoxy groups -OCH3 is 1. The fourth-order valence-corrected chi connectivity index (χ4v) is 2.79. The number of nitrogens with two attached hydrogens (primary N) is 1. The van der Waals surface area contributed by atoms with Crippen molar-refractivity contribution >= 4 is 0 Å². The van der Waals surface area contributed by atoms with Gasteiger partial charge in [0.05, 0.1) is 13.2 Å². The Morgan fingerprint density at radius 2 is 1.55 bits per heavy atom. The standard InChI is InChI=1S/C17H22N2O/c1-11-9-12(2)16(13(3)10-11)17(19-18)14-5-7-15(20-4)8-6-14/h5-10,17,19H,18H2,1-4H3. The first-order valence-corrected chi connectivity index (χ1v) is 6.74. The van der Waals surface area contributed by atoms with E-state index in [9.17, 15) is 0 Å². The Bertz CT molecular complexity index is 567. The van der Waals surface area contributed by atoms with Crippen LogP contribution < -0.4 is 16.0 Å². The minimum Gasteiger partial charge on any atom is -0.497 e. The highest BCUT2D eigenvalue weighted by Crippen LogP contribution is 2.29. The van der Waals surface area contributed by atoms with Gasteiger partial charge < -0.3 is 4.74 Å². The average molecular weight is 270 g/mol. The monoisotopic (exact) mass is 270 g/mol. The summed E-state index contributed by atoms with van der Waals surface area (Å²) in [6.07, 6.45) is 0. The first kappa shape index (κ1) is 14.6. The number of hydrogen-bond donors (Lipinski definition) is 2. The molecule has 0 aliphatic heterocycles. The van der Waals surface area contributed by atoms with Gasteiger partial charge in [0.15, 0.2) is 0 Å². The third kappa shape index (κ3) is 2.84. The summed E-state index contributed by atoms with van der Waals surface area (Å²) in [7, 11) is 1.67. The van der Waals surface area contributed by atoms with Gasteiger partial charge in [0.1, 0.15) is 5.75 Å². The average Bonchev–Trinajstić information content (AvgIpc) is 2.43. The quantitative estimate of drug-likeness (QED) is 0.662. The molecule has 2 aromatic rings. The molecule has 0 spiro atoms. The Hall–Kier alpha value is -1.84. The molecular weight excluding hydrogens is 248 g/mol. The Morgan fingerprint density at radius 3 is 2.00 bits per heavy atom. The van der Waals surface area contributed by atoms with Gasteiger partial charge in [0, 0.05) is 0 Å². The van der Waals surface area contributed by atoms with Gasteiger partial charge in [-0.1, -0.05) is 29.8 Å². The van der Waals surface area contributed by atoms with Crippen molar-refractivity contribution in [1.82, 2.24) is 5.43 Å². The van der Waals surface area contributed by atoms with E-state index in [0.717, 1.165) is 11.3 Å². The largest absolute Gasteiger partial charge is 0.497 e. The number of hydrazine groups is 1. The van der Waals surface area contributed by atoms with Crippen LogP contribution in [0.2, 0.25) is 0 Å². The Balaban J connectivity index is 2.46. The fraction of sp³-hybridized carbons (Fsp3) is 0.294.